The summed E-state index contributed by atoms with van der Waals surface area (Å²) in [5.41, 5.74) is 1.28. The van der Waals surface area contributed by atoms with E-state index in [1.165, 1.54) is 0 Å². The fourth-order valence-electron chi connectivity index (χ4n) is 1.94. The molecule has 3 nitrogen and oxygen atoms in total. The number of aromatic amines is 1. The van der Waals surface area contributed by atoms with E-state index in [0.29, 0.717) is 16.2 Å². The highest BCUT2D eigenvalue weighted by atomic mass is 35.5. The first kappa shape index (κ1) is 11.0. The largest absolute Gasteiger partial charge is 0.321 e. The zero-order valence-electron chi connectivity index (χ0n) is 9.35. The molecule has 0 saturated heterocycles. The Labute approximate surface area is 108 Å². The zero-order chi connectivity index (χ0) is 12.5. The topological polar surface area (TPSA) is 45.8 Å². The highest BCUT2D eigenvalue weighted by Gasteiger charge is 2.07. The van der Waals surface area contributed by atoms with E-state index in [9.17, 15) is 4.79 Å². The summed E-state index contributed by atoms with van der Waals surface area (Å²) in [6.45, 7) is 0. The second kappa shape index (κ2) is 4.27. The van der Waals surface area contributed by atoms with Gasteiger partial charge in [0.2, 0.25) is 0 Å². The predicted octanol–water partition coefficient (Wildman–Crippen LogP) is 3.24. The van der Waals surface area contributed by atoms with Crippen LogP contribution in [0.15, 0.2) is 53.5 Å². The van der Waals surface area contributed by atoms with Gasteiger partial charge in [-0.1, -0.05) is 29.8 Å². The predicted molar refractivity (Wildman–Crippen MR) is 72.8 cm³/mol. The smallest absolute Gasteiger partial charge is 0.256 e. The number of rotatable bonds is 1. The van der Waals surface area contributed by atoms with Crippen LogP contribution in [0, 0.1) is 0 Å². The fraction of sp³-hybridized carbons (Fsp3) is 0. The van der Waals surface area contributed by atoms with E-state index < -0.39 is 0 Å². The van der Waals surface area contributed by atoms with Crippen molar-refractivity contribution in [2.75, 3.05) is 0 Å². The summed E-state index contributed by atoms with van der Waals surface area (Å²) in [4.78, 5) is 18.8. The van der Waals surface area contributed by atoms with Crippen LogP contribution in [0.2, 0.25) is 5.15 Å². The van der Waals surface area contributed by atoms with Gasteiger partial charge in [0.25, 0.3) is 5.56 Å². The third kappa shape index (κ3) is 1.79. The van der Waals surface area contributed by atoms with Crippen LogP contribution in [0.4, 0.5) is 0 Å². The molecule has 18 heavy (non-hydrogen) atoms. The van der Waals surface area contributed by atoms with Crippen molar-refractivity contribution >= 4 is 22.4 Å². The Bertz CT molecular complexity index is 780. The van der Waals surface area contributed by atoms with Crippen LogP contribution in [0.1, 0.15) is 0 Å². The standard InChI is InChI=1S/C14H9ClN2O/c15-13-11(6-3-7-16-13)12-8-9-4-1-2-5-10(9)14(18)17-12/h1-8H,(H,17,18). The molecular weight excluding hydrogens is 248 g/mol. The number of hydrogen-bond acceptors (Lipinski definition) is 2. The molecule has 4 heteroatoms. The third-order valence-electron chi connectivity index (χ3n) is 2.80. The quantitative estimate of drug-likeness (QED) is 0.680. The van der Waals surface area contributed by atoms with Crippen molar-refractivity contribution in [3.05, 3.63) is 64.2 Å². The number of nitrogens with one attached hydrogen (secondary N) is 1. The lowest BCUT2D eigenvalue weighted by Crippen LogP contribution is -2.07. The van der Waals surface area contributed by atoms with Gasteiger partial charge in [-0.3, -0.25) is 4.79 Å². The normalized spacial score (nSPS) is 10.7. The van der Waals surface area contributed by atoms with Gasteiger partial charge in [-0.25, -0.2) is 4.98 Å². The first-order valence-electron chi connectivity index (χ1n) is 5.48. The number of nitrogens with zero attached hydrogens (tertiary/aromatic N) is 1. The summed E-state index contributed by atoms with van der Waals surface area (Å²) >= 11 is 6.03. The molecule has 2 aromatic heterocycles. The summed E-state index contributed by atoms with van der Waals surface area (Å²) in [5, 5.41) is 1.93. The molecule has 0 radical (unpaired) electrons. The summed E-state index contributed by atoms with van der Waals surface area (Å²) in [5.74, 6) is 0. The summed E-state index contributed by atoms with van der Waals surface area (Å²) in [6, 6.07) is 13.0. The summed E-state index contributed by atoms with van der Waals surface area (Å²) in [7, 11) is 0. The van der Waals surface area contributed by atoms with Gasteiger partial charge in [0, 0.05) is 17.1 Å². The maximum absolute atomic E-state index is 12.0. The molecule has 88 valence electrons. The van der Waals surface area contributed by atoms with Crippen LogP contribution in [0.5, 0.6) is 0 Å². The molecular formula is C14H9ClN2O. The Balaban J connectivity index is 2.32. The van der Waals surface area contributed by atoms with Gasteiger partial charge < -0.3 is 4.98 Å². The Morgan fingerprint density at radius 3 is 2.78 bits per heavy atom. The van der Waals surface area contributed by atoms with Gasteiger partial charge in [-0.15, -0.1) is 0 Å². The van der Waals surface area contributed by atoms with Crippen molar-refractivity contribution in [1.82, 2.24) is 9.97 Å². The minimum Gasteiger partial charge on any atom is -0.321 e. The van der Waals surface area contributed by atoms with E-state index in [-0.39, 0.29) is 5.56 Å². The Kier molecular flexibility index (Phi) is 2.61. The van der Waals surface area contributed by atoms with E-state index in [0.717, 1.165) is 10.9 Å². The maximum Gasteiger partial charge on any atom is 0.256 e. The van der Waals surface area contributed by atoms with Gasteiger partial charge in [0.05, 0.1) is 5.69 Å². The molecule has 1 aromatic carbocycles. The molecule has 2 heterocycles. The van der Waals surface area contributed by atoms with E-state index in [1.54, 1.807) is 18.3 Å². The Morgan fingerprint density at radius 1 is 1.11 bits per heavy atom. The molecule has 3 aromatic rings. The van der Waals surface area contributed by atoms with Crippen molar-refractivity contribution in [2.45, 2.75) is 0 Å². The fourth-order valence-corrected chi connectivity index (χ4v) is 2.16. The number of pyridine rings is 2. The summed E-state index contributed by atoms with van der Waals surface area (Å²) < 4.78 is 0. The molecule has 0 aliphatic rings. The number of aromatic nitrogens is 2. The number of benzene rings is 1. The molecule has 0 unspecified atom stereocenters. The van der Waals surface area contributed by atoms with Crippen LogP contribution >= 0.6 is 11.6 Å². The second-order valence-electron chi connectivity index (χ2n) is 3.94. The van der Waals surface area contributed by atoms with Crippen molar-refractivity contribution in [1.29, 1.82) is 0 Å². The van der Waals surface area contributed by atoms with Gasteiger partial charge >= 0.3 is 0 Å². The molecule has 0 spiro atoms. The monoisotopic (exact) mass is 256 g/mol. The third-order valence-corrected chi connectivity index (χ3v) is 3.10. The SMILES string of the molecule is O=c1[nH]c(-c2cccnc2Cl)cc2ccccc12. The van der Waals surface area contributed by atoms with E-state index >= 15 is 0 Å². The van der Waals surface area contributed by atoms with Crippen LogP contribution in [0.3, 0.4) is 0 Å². The molecule has 0 amide bonds. The van der Waals surface area contributed by atoms with E-state index in [4.69, 9.17) is 11.6 Å². The Hall–Kier alpha value is -2.13. The lowest BCUT2D eigenvalue weighted by Gasteiger charge is -2.05. The summed E-state index contributed by atoms with van der Waals surface area (Å²) in [6.07, 6.45) is 1.62. The number of hydrogen-bond donors (Lipinski definition) is 1. The Morgan fingerprint density at radius 2 is 1.94 bits per heavy atom. The van der Waals surface area contributed by atoms with Crippen LogP contribution in [0.25, 0.3) is 22.0 Å². The number of H-pyrrole nitrogens is 1. The molecule has 0 fully saturated rings. The number of halogens is 1. The molecule has 0 atom stereocenters. The minimum atomic E-state index is -0.122. The molecule has 0 aliphatic carbocycles. The lowest BCUT2D eigenvalue weighted by atomic mass is 10.1. The van der Waals surface area contributed by atoms with Crippen molar-refractivity contribution < 1.29 is 0 Å². The number of fused-ring (bicyclic) bond motifs is 1. The van der Waals surface area contributed by atoms with Crippen molar-refractivity contribution in [3.63, 3.8) is 0 Å². The van der Waals surface area contributed by atoms with E-state index in [1.807, 2.05) is 30.3 Å². The first-order valence-corrected chi connectivity index (χ1v) is 5.86. The van der Waals surface area contributed by atoms with Crippen LogP contribution in [-0.4, -0.2) is 9.97 Å². The molecule has 1 N–H and O–H groups in total. The lowest BCUT2D eigenvalue weighted by molar-refractivity contribution is 1.25. The highest BCUT2D eigenvalue weighted by Crippen LogP contribution is 2.24. The molecule has 0 bridgehead atoms. The maximum atomic E-state index is 12.0. The van der Waals surface area contributed by atoms with Gasteiger partial charge in [-0.2, -0.15) is 0 Å². The first-order chi connectivity index (χ1) is 8.75. The average Bonchev–Trinajstić information content (AvgIpc) is 2.39. The van der Waals surface area contributed by atoms with Crippen LogP contribution in [-0.2, 0) is 0 Å². The molecule has 0 aliphatic heterocycles. The molecule has 3 rings (SSSR count). The van der Waals surface area contributed by atoms with Gasteiger partial charge in [0.1, 0.15) is 5.15 Å². The van der Waals surface area contributed by atoms with Gasteiger partial charge in [-0.05, 0) is 29.7 Å². The second-order valence-corrected chi connectivity index (χ2v) is 4.30. The average molecular weight is 257 g/mol. The van der Waals surface area contributed by atoms with Crippen LogP contribution < -0.4 is 5.56 Å². The van der Waals surface area contributed by atoms with Crippen molar-refractivity contribution in [3.8, 4) is 11.3 Å². The molecule has 0 saturated carbocycles. The van der Waals surface area contributed by atoms with E-state index in [2.05, 4.69) is 9.97 Å². The van der Waals surface area contributed by atoms with Crippen molar-refractivity contribution in [2.24, 2.45) is 0 Å². The van der Waals surface area contributed by atoms with Gasteiger partial charge in [0.15, 0.2) is 0 Å². The zero-order valence-corrected chi connectivity index (χ0v) is 10.1. The minimum absolute atomic E-state index is 0.122. The highest BCUT2D eigenvalue weighted by molar-refractivity contribution is 6.32.